The summed E-state index contributed by atoms with van der Waals surface area (Å²) in [7, 11) is 1.58. The molecule has 0 aromatic carbocycles. The van der Waals surface area contributed by atoms with Crippen molar-refractivity contribution in [2.45, 2.75) is 44.9 Å². The normalized spacial score (nSPS) is 21.4. The number of thiazole rings is 1. The second kappa shape index (κ2) is 6.16. The van der Waals surface area contributed by atoms with Crippen molar-refractivity contribution in [2.75, 3.05) is 13.6 Å². The fraction of sp³-hybridized carbons (Fsp3) is 0.600. The van der Waals surface area contributed by atoms with Crippen LogP contribution in [0.25, 0.3) is 0 Å². The van der Waals surface area contributed by atoms with E-state index in [9.17, 15) is 9.59 Å². The van der Waals surface area contributed by atoms with E-state index in [2.05, 4.69) is 15.4 Å². The molecule has 1 aliphatic heterocycles. The predicted molar refractivity (Wildman–Crippen MR) is 85.0 cm³/mol. The molecular weight excluding hydrogens is 300 g/mol. The summed E-state index contributed by atoms with van der Waals surface area (Å²) in [5.74, 6) is 0.0750. The largest absolute Gasteiger partial charge is 0.350 e. The van der Waals surface area contributed by atoms with Gasteiger partial charge in [0.1, 0.15) is 5.71 Å². The van der Waals surface area contributed by atoms with E-state index in [1.54, 1.807) is 18.4 Å². The lowest BCUT2D eigenvalue weighted by atomic mass is 9.91. The van der Waals surface area contributed by atoms with Crippen molar-refractivity contribution in [3.05, 3.63) is 15.6 Å². The van der Waals surface area contributed by atoms with Crippen molar-refractivity contribution in [2.24, 2.45) is 5.10 Å². The Balaban J connectivity index is 1.62. The molecule has 0 saturated heterocycles. The van der Waals surface area contributed by atoms with Crippen LogP contribution in [0.2, 0.25) is 0 Å². The molecule has 1 aliphatic carbocycles. The van der Waals surface area contributed by atoms with Crippen LogP contribution in [0, 0.1) is 6.92 Å². The molecule has 1 unspecified atom stereocenters. The summed E-state index contributed by atoms with van der Waals surface area (Å²) < 4.78 is 0. The number of hydrogen-bond acceptors (Lipinski definition) is 5. The Hall–Kier alpha value is -1.76. The van der Waals surface area contributed by atoms with Gasteiger partial charge in [0.15, 0.2) is 0 Å². The lowest BCUT2D eigenvalue weighted by molar-refractivity contribution is -0.130. The number of nitrogens with zero attached hydrogens (tertiary/aromatic N) is 3. The number of aromatic nitrogens is 1. The smallest absolute Gasteiger partial charge is 0.267 e. The van der Waals surface area contributed by atoms with Gasteiger partial charge in [-0.05, 0) is 26.2 Å². The first-order valence-corrected chi connectivity index (χ1v) is 8.44. The zero-order chi connectivity index (χ0) is 15.7. The molecule has 3 rings (SSSR count). The molecule has 1 aromatic rings. The highest BCUT2D eigenvalue weighted by Gasteiger charge is 2.26. The molecule has 1 N–H and O–H groups in total. The minimum absolute atomic E-state index is 0.0496. The average Bonchev–Trinajstić information content (AvgIpc) is 2.88. The van der Waals surface area contributed by atoms with Gasteiger partial charge in [-0.2, -0.15) is 5.10 Å². The Morgan fingerprint density at radius 3 is 3.00 bits per heavy atom. The highest BCUT2D eigenvalue weighted by atomic mass is 32.1. The zero-order valence-corrected chi connectivity index (χ0v) is 13.7. The molecule has 1 atom stereocenters. The predicted octanol–water partition coefficient (Wildman–Crippen LogP) is 1.60. The van der Waals surface area contributed by atoms with Crippen molar-refractivity contribution >= 4 is 28.9 Å². The first kappa shape index (κ1) is 15.1. The summed E-state index contributed by atoms with van der Waals surface area (Å²) in [6.45, 7) is 2.62. The third-order valence-electron chi connectivity index (χ3n) is 4.16. The van der Waals surface area contributed by atoms with Crippen molar-refractivity contribution < 1.29 is 9.59 Å². The minimum atomic E-state index is -0.168. The number of fused-ring (bicyclic) bond motifs is 1. The van der Waals surface area contributed by atoms with E-state index in [1.807, 2.05) is 6.92 Å². The third-order valence-corrected chi connectivity index (χ3v) is 5.20. The van der Waals surface area contributed by atoms with Gasteiger partial charge >= 0.3 is 0 Å². The molecule has 2 heterocycles. The highest BCUT2D eigenvalue weighted by Crippen LogP contribution is 2.34. The van der Waals surface area contributed by atoms with Crippen LogP contribution < -0.4 is 5.32 Å². The van der Waals surface area contributed by atoms with Crippen LogP contribution >= 0.6 is 11.3 Å². The number of hydrogen-bond donors (Lipinski definition) is 1. The van der Waals surface area contributed by atoms with E-state index in [0.29, 0.717) is 31.0 Å². The minimum Gasteiger partial charge on any atom is -0.350 e. The lowest BCUT2D eigenvalue weighted by Crippen LogP contribution is -2.39. The molecule has 0 bridgehead atoms. The van der Waals surface area contributed by atoms with Gasteiger partial charge < -0.3 is 5.32 Å². The van der Waals surface area contributed by atoms with Gasteiger partial charge in [0.25, 0.3) is 5.91 Å². The molecule has 0 spiro atoms. The Kier molecular flexibility index (Phi) is 4.24. The second-order valence-electron chi connectivity index (χ2n) is 5.80. The lowest BCUT2D eigenvalue weighted by Gasteiger charge is -2.23. The van der Waals surface area contributed by atoms with Gasteiger partial charge in [-0.1, -0.05) is 0 Å². The van der Waals surface area contributed by atoms with Crippen LogP contribution in [0.4, 0.5) is 0 Å². The van der Waals surface area contributed by atoms with Crippen LogP contribution in [-0.4, -0.2) is 41.1 Å². The molecule has 118 valence electrons. The molecule has 0 saturated carbocycles. The van der Waals surface area contributed by atoms with E-state index in [-0.39, 0.29) is 11.8 Å². The number of aryl methyl sites for hydroxylation is 2. The topological polar surface area (TPSA) is 74.7 Å². The number of nitrogens with one attached hydrogen (secondary N) is 1. The van der Waals surface area contributed by atoms with Gasteiger partial charge in [-0.3, -0.25) is 9.59 Å². The SMILES string of the molecule is Cc1nc2c(s1)CCCC2CNC(=O)C1=NN(C)C(=O)CC1. The van der Waals surface area contributed by atoms with E-state index in [4.69, 9.17) is 0 Å². The summed E-state index contributed by atoms with van der Waals surface area (Å²) in [4.78, 5) is 29.6. The van der Waals surface area contributed by atoms with E-state index in [0.717, 1.165) is 30.0 Å². The maximum absolute atomic E-state index is 12.2. The summed E-state index contributed by atoms with van der Waals surface area (Å²) in [5, 5.41) is 9.36. The summed E-state index contributed by atoms with van der Waals surface area (Å²) in [5.41, 5.74) is 1.60. The fourth-order valence-corrected chi connectivity index (χ4v) is 4.04. The number of hydrazone groups is 1. The quantitative estimate of drug-likeness (QED) is 0.919. The standard InChI is InChI=1S/C15H20N4O2S/c1-9-17-14-10(4-3-5-12(14)22-9)8-16-15(21)11-6-7-13(20)19(2)18-11/h10H,3-8H2,1-2H3,(H,16,21). The number of amides is 2. The van der Waals surface area contributed by atoms with E-state index in [1.165, 1.54) is 9.89 Å². The highest BCUT2D eigenvalue weighted by molar-refractivity contribution is 7.11. The molecule has 0 fully saturated rings. The molecule has 6 nitrogen and oxygen atoms in total. The average molecular weight is 320 g/mol. The first-order valence-electron chi connectivity index (χ1n) is 7.63. The van der Waals surface area contributed by atoms with Crippen molar-refractivity contribution in [3.8, 4) is 0 Å². The third kappa shape index (κ3) is 3.04. The second-order valence-corrected chi connectivity index (χ2v) is 7.09. The summed E-state index contributed by atoms with van der Waals surface area (Å²) in [6.07, 6.45) is 4.07. The van der Waals surface area contributed by atoms with Gasteiger partial charge in [-0.15, -0.1) is 11.3 Å². The van der Waals surface area contributed by atoms with Crippen molar-refractivity contribution in [1.29, 1.82) is 0 Å². The number of carbonyl (C=O) groups excluding carboxylic acids is 2. The van der Waals surface area contributed by atoms with Crippen molar-refractivity contribution in [1.82, 2.24) is 15.3 Å². The maximum Gasteiger partial charge on any atom is 0.267 e. The van der Waals surface area contributed by atoms with Crippen LogP contribution in [0.1, 0.15) is 47.2 Å². The number of carbonyl (C=O) groups is 2. The molecule has 2 aliphatic rings. The maximum atomic E-state index is 12.2. The first-order chi connectivity index (χ1) is 10.5. The summed E-state index contributed by atoms with van der Waals surface area (Å²) >= 11 is 1.77. The van der Waals surface area contributed by atoms with Crippen LogP contribution in [-0.2, 0) is 16.0 Å². The number of rotatable bonds is 3. The van der Waals surface area contributed by atoms with E-state index < -0.39 is 0 Å². The van der Waals surface area contributed by atoms with Crippen LogP contribution in [0.5, 0.6) is 0 Å². The Morgan fingerprint density at radius 2 is 2.23 bits per heavy atom. The molecule has 1 aromatic heterocycles. The Morgan fingerprint density at radius 1 is 1.41 bits per heavy atom. The van der Waals surface area contributed by atoms with Crippen LogP contribution in [0.15, 0.2) is 5.10 Å². The Labute approximate surface area is 133 Å². The monoisotopic (exact) mass is 320 g/mol. The molecule has 22 heavy (non-hydrogen) atoms. The van der Waals surface area contributed by atoms with Crippen molar-refractivity contribution in [3.63, 3.8) is 0 Å². The van der Waals surface area contributed by atoms with Gasteiger partial charge in [-0.25, -0.2) is 9.99 Å². The fourth-order valence-electron chi connectivity index (χ4n) is 2.98. The molecular formula is C15H20N4O2S. The Bertz CT molecular complexity index is 637. The van der Waals surface area contributed by atoms with Gasteiger partial charge in [0.05, 0.1) is 10.7 Å². The molecule has 0 radical (unpaired) electrons. The van der Waals surface area contributed by atoms with E-state index >= 15 is 0 Å². The zero-order valence-electron chi connectivity index (χ0n) is 12.9. The molecule has 7 heteroatoms. The van der Waals surface area contributed by atoms with Gasteiger partial charge in [0.2, 0.25) is 5.91 Å². The van der Waals surface area contributed by atoms with Gasteiger partial charge in [0, 0.05) is 37.2 Å². The van der Waals surface area contributed by atoms with Crippen LogP contribution in [0.3, 0.4) is 0 Å². The summed E-state index contributed by atoms with van der Waals surface area (Å²) in [6, 6.07) is 0. The molecule has 2 amide bonds.